The summed E-state index contributed by atoms with van der Waals surface area (Å²) in [6.07, 6.45) is 0.233. The average Bonchev–Trinajstić information content (AvgIpc) is 3.39. The van der Waals surface area contributed by atoms with Crippen molar-refractivity contribution in [1.82, 2.24) is 10.6 Å². The van der Waals surface area contributed by atoms with E-state index >= 15 is 0 Å². The zero-order chi connectivity index (χ0) is 16.9. The molecule has 0 aromatic heterocycles. The van der Waals surface area contributed by atoms with Crippen LogP contribution in [0.3, 0.4) is 0 Å². The maximum atomic E-state index is 12.8. The van der Waals surface area contributed by atoms with E-state index in [4.69, 9.17) is 0 Å². The molecule has 0 spiro atoms. The van der Waals surface area contributed by atoms with E-state index in [1.165, 1.54) is 29.8 Å². The number of hydrogen-bond donors (Lipinski definition) is 3. The van der Waals surface area contributed by atoms with Crippen LogP contribution in [-0.2, 0) is 0 Å². The number of benzene rings is 2. The summed E-state index contributed by atoms with van der Waals surface area (Å²) in [5.74, 6) is 0.644. The number of urea groups is 1. The van der Waals surface area contributed by atoms with E-state index in [1.54, 1.807) is 0 Å². The molecule has 3 atom stereocenters. The van der Waals surface area contributed by atoms with Crippen LogP contribution in [0.2, 0.25) is 0 Å². The smallest absolute Gasteiger partial charge is 0.314 e. The molecule has 2 aromatic rings. The second-order valence-electron chi connectivity index (χ2n) is 6.17. The fourth-order valence-electron chi connectivity index (χ4n) is 2.86. The largest absolute Gasteiger partial charge is 0.387 e. The molecule has 1 fully saturated rings. The Morgan fingerprint density at radius 2 is 1.83 bits per heavy atom. The van der Waals surface area contributed by atoms with Crippen LogP contribution in [0.15, 0.2) is 54.6 Å². The quantitative estimate of drug-likeness (QED) is 0.763. The highest BCUT2D eigenvalue weighted by Gasteiger charge is 2.37. The first kappa shape index (κ1) is 16.5. The number of aliphatic hydroxyl groups excluding tert-OH is 1. The van der Waals surface area contributed by atoms with Crippen LogP contribution < -0.4 is 10.6 Å². The molecule has 3 N–H and O–H groups in total. The summed E-state index contributed by atoms with van der Waals surface area (Å²) in [6, 6.07) is 15.6. The van der Waals surface area contributed by atoms with Crippen LogP contribution in [0.1, 0.15) is 29.6 Å². The van der Waals surface area contributed by atoms with Gasteiger partial charge in [-0.15, -0.1) is 0 Å². The Kier molecular flexibility index (Phi) is 5.11. The summed E-state index contributed by atoms with van der Waals surface area (Å²) in [6.45, 7) is 0.711. The molecule has 2 amide bonds. The van der Waals surface area contributed by atoms with Crippen LogP contribution >= 0.6 is 0 Å². The van der Waals surface area contributed by atoms with E-state index < -0.39 is 6.10 Å². The molecule has 4 nitrogen and oxygen atoms in total. The van der Waals surface area contributed by atoms with Gasteiger partial charge < -0.3 is 15.7 Å². The van der Waals surface area contributed by atoms with Crippen molar-refractivity contribution in [3.63, 3.8) is 0 Å². The molecule has 0 heterocycles. The second kappa shape index (κ2) is 7.45. The molecule has 126 valence electrons. The molecule has 0 aliphatic heterocycles. The second-order valence-corrected chi connectivity index (χ2v) is 6.17. The number of nitrogens with one attached hydrogen (secondary N) is 2. The van der Waals surface area contributed by atoms with Crippen LogP contribution in [0.25, 0.3) is 0 Å². The molecular formula is C19H21FN2O2. The third-order valence-electron chi connectivity index (χ3n) is 4.39. The lowest BCUT2D eigenvalue weighted by Crippen LogP contribution is -2.38. The standard InChI is InChI=1S/C19H21FN2O2/c20-16-8-6-14(7-9-16)18(23)12-22-19(24)21-11-15-10-17(15)13-4-2-1-3-5-13/h1-9,15,17-18,23H,10-12H2,(H2,21,22,24). The van der Waals surface area contributed by atoms with Crippen molar-refractivity contribution in [2.75, 3.05) is 13.1 Å². The van der Waals surface area contributed by atoms with Gasteiger partial charge in [0.1, 0.15) is 5.82 Å². The molecule has 3 unspecified atom stereocenters. The van der Waals surface area contributed by atoms with Crippen LogP contribution in [0.4, 0.5) is 9.18 Å². The number of hydrogen-bond acceptors (Lipinski definition) is 2. The Bertz CT molecular complexity index is 676. The summed E-state index contributed by atoms with van der Waals surface area (Å²) in [7, 11) is 0. The normalized spacial score (nSPS) is 20.2. The third kappa shape index (κ3) is 4.32. The van der Waals surface area contributed by atoms with Gasteiger partial charge in [0.15, 0.2) is 0 Å². The monoisotopic (exact) mass is 328 g/mol. The van der Waals surface area contributed by atoms with Crippen LogP contribution in [0, 0.1) is 11.7 Å². The van der Waals surface area contributed by atoms with Crippen molar-refractivity contribution in [3.05, 3.63) is 71.5 Å². The van der Waals surface area contributed by atoms with E-state index in [9.17, 15) is 14.3 Å². The maximum Gasteiger partial charge on any atom is 0.314 e. The molecule has 3 rings (SSSR count). The van der Waals surface area contributed by atoms with Gasteiger partial charge in [-0.1, -0.05) is 42.5 Å². The summed E-state index contributed by atoms with van der Waals surface area (Å²) < 4.78 is 12.8. The Morgan fingerprint density at radius 1 is 1.12 bits per heavy atom. The Balaban J connectivity index is 1.37. The van der Waals surface area contributed by atoms with Gasteiger partial charge in [-0.2, -0.15) is 0 Å². The number of rotatable bonds is 6. The molecule has 0 radical (unpaired) electrons. The van der Waals surface area contributed by atoms with Crippen molar-refractivity contribution in [1.29, 1.82) is 0 Å². The van der Waals surface area contributed by atoms with E-state index in [1.807, 2.05) is 18.2 Å². The van der Waals surface area contributed by atoms with Gasteiger partial charge in [0.2, 0.25) is 0 Å². The number of halogens is 1. The van der Waals surface area contributed by atoms with E-state index in [2.05, 4.69) is 22.8 Å². The van der Waals surface area contributed by atoms with Crippen LogP contribution in [-0.4, -0.2) is 24.2 Å². The molecule has 1 aliphatic rings. The number of amides is 2. The molecule has 24 heavy (non-hydrogen) atoms. The van der Waals surface area contributed by atoms with Crippen LogP contribution in [0.5, 0.6) is 0 Å². The lowest BCUT2D eigenvalue weighted by atomic mass is 10.1. The number of carbonyl (C=O) groups excluding carboxylic acids is 1. The van der Waals surface area contributed by atoms with E-state index in [0.717, 1.165) is 6.42 Å². The predicted octanol–water partition coefficient (Wildman–Crippen LogP) is 2.96. The van der Waals surface area contributed by atoms with Crippen molar-refractivity contribution < 1.29 is 14.3 Å². The number of aliphatic hydroxyl groups is 1. The lowest BCUT2D eigenvalue weighted by molar-refractivity contribution is 0.173. The highest BCUT2D eigenvalue weighted by Crippen LogP contribution is 2.46. The van der Waals surface area contributed by atoms with Gasteiger partial charge in [0.25, 0.3) is 0 Å². The fourth-order valence-corrected chi connectivity index (χ4v) is 2.86. The first-order valence-corrected chi connectivity index (χ1v) is 8.13. The molecule has 0 saturated heterocycles. The molecule has 0 bridgehead atoms. The molecule has 2 aromatic carbocycles. The van der Waals surface area contributed by atoms with Crippen molar-refractivity contribution in [3.8, 4) is 0 Å². The molecule has 5 heteroatoms. The zero-order valence-corrected chi connectivity index (χ0v) is 13.3. The Labute approximate surface area is 140 Å². The highest BCUT2D eigenvalue weighted by atomic mass is 19.1. The van der Waals surface area contributed by atoms with Crippen molar-refractivity contribution >= 4 is 6.03 Å². The van der Waals surface area contributed by atoms with Gasteiger partial charge in [0, 0.05) is 13.1 Å². The topological polar surface area (TPSA) is 61.4 Å². The van der Waals surface area contributed by atoms with Crippen molar-refractivity contribution in [2.45, 2.75) is 18.4 Å². The summed E-state index contributed by atoms with van der Waals surface area (Å²) in [5.41, 5.74) is 1.89. The summed E-state index contributed by atoms with van der Waals surface area (Å²) in [5, 5.41) is 15.5. The van der Waals surface area contributed by atoms with Gasteiger partial charge in [-0.3, -0.25) is 0 Å². The zero-order valence-electron chi connectivity index (χ0n) is 13.3. The first-order valence-electron chi connectivity index (χ1n) is 8.13. The molecule has 1 aliphatic carbocycles. The molecular weight excluding hydrogens is 307 g/mol. The summed E-state index contributed by atoms with van der Waals surface area (Å²) in [4.78, 5) is 11.8. The fraction of sp³-hybridized carbons (Fsp3) is 0.316. The van der Waals surface area contributed by atoms with E-state index in [-0.39, 0.29) is 18.4 Å². The van der Waals surface area contributed by atoms with Crippen molar-refractivity contribution in [2.24, 2.45) is 5.92 Å². The summed E-state index contributed by atoms with van der Waals surface area (Å²) >= 11 is 0. The predicted molar refractivity (Wildman–Crippen MR) is 90.1 cm³/mol. The van der Waals surface area contributed by atoms with Gasteiger partial charge >= 0.3 is 6.03 Å². The first-order chi connectivity index (χ1) is 11.6. The minimum absolute atomic E-state index is 0.0875. The van der Waals surface area contributed by atoms with Gasteiger partial charge in [-0.05, 0) is 41.5 Å². The van der Waals surface area contributed by atoms with Gasteiger partial charge in [0.05, 0.1) is 6.10 Å². The lowest BCUT2D eigenvalue weighted by Gasteiger charge is -2.13. The number of carbonyl (C=O) groups is 1. The Hall–Kier alpha value is -2.40. The maximum absolute atomic E-state index is 12.8. The minimum Gasteiger partial charge on any atom is -0.387 e. The highest BCUT2D eigenvalue weighted by molar-refractivity contribution is 5.73. The van der Waals surface area contributed by atoms with E-state index in [0.29, 0.717) is 23.9 Å². The Morgan fingerprint density at radius 3 is 2.54 bits per heavy atom. The third-order valence-corrected chi connectivity index (χ3v) is 4.39. The minimum atomic E-state index is -0.852. The SMILES string of the molecule is O=C(NCC(O)c1ccc(F)cc1)NCC1CC1c1ccccc1. The molecule has 1 saturated carbocycles. The van der Waals surface area contributed by atoms with Gasteiger partial charge in [-0.25, -0.2) is 9.18 Å². The average molecular weight is 328 g/mol.